The van der Waals surface area contributed by atoms with E-state index in [0.717, 1.165) is 0 Å². The average Bonchev–Trinajstić information content (AvgIpc) is 3.00. The van der Waals surface area contributed by atoms with Gasteiger partial charge in [0.25, 0.3) is 5.91 Å². The summed E-state index contributed by atoms with van der Waals surface area (Å²) in [7, 11) is -1.72. The highest BCUT2D eigenvalue weighted by atomic mass is 32.2. The van der Waals surface area contributed by atoms with Crippen molar-refractivity contribution in [1.82, 2.24) is 9.97 Å². The Bertz CT molecular complexity index is 960. The SMILES string of the molecule is COC(=O)c1cccc(NC(=O)c2cnc(NC3CCS(=O)(=O)C3)nc2)c1. The van der Waals surface area contributed by atoms with Crippen molar-refractivity contribution in [1.29, 1.82) is 0 Å². The van der Waals surface area contributed by atoms with Crippen LogP contribution < -0.4 is 10.6 Å². The summed E-state index contributed by atoms with van der Waals surface area (Å²) in [5.74, 6) is -0.475. The van der Waals surface area contributed by atoms with Crippen LogP contribution in [0.5, 0.6) is 0 Å². The minimum absolute atomic E-state index is 0.0507. The summed E-state index contributed by atoms with van der Waals surface area (Å²) >= 11 is 0. The van der Waals surface area contributed by atoms with Crippen LogP contribution in [0.15, 0.2) is 36.7 Å². The van der Waals surface area contributed by atoms with Crippen LogP contribution in [0.3, 0.4) is 0 Å². The van der Waals surface area contributed by atoms with Crippen molar-refractivity contribution in [3.05, 3.63) is 47.8 Å². The Labute approximate surface area is 156 Å². The zero-order valence-corrected chi connectivity index (χ0v) is 15.3. The van der Waals surface area contributed by atoms with Gasteiger partial charge in [-0.1, -0.05) is 6.07 Å². The summed E-state index contributed by atoms with van der Waals surface area (Å²) in [5, 5.41) is 5.61. The van der Waals surface area contributed by atoms with Crippen LogP contribution in [0.25, 0.3) is 0 Å². The van der Waals surface area contributed by atoms with E-state index in [0.29, 0.717) is 17.7 Å². The summed E-state index contributed by atoms with van der Waals surface area (Å²) in [6.07, 6.45) is 3.20. The molecule has 1 aromatic carbocycles. The van der Waals surface area contributed by atoms with E-state index in [2.05, 4.69) is 25.3 Å². The number of ether oxygens (including phenoxy) is 1. The van der Waals surface area contributed by atoms with Crippen molar-refractivity contribution < 1.29 is 22.7 Å². The van der Waals surface area contributed by atoms with Gasteiger partial charge in [-0.2, -0.15) is 0 Å². The minimum Gasteiger partial charge on any atom is -0.465 e. The number of hydrogen-bond acceptors (Lipinski definition) is 8. The highest BCUT2D eigenvalue weighted by Gasteiger charge is 2.28. The van der Waals surface area contributed by atoms with Gasteiger partial charge in [0.1, 0.15) is 0 Å². The number of nitrogens with zero attached hydrogens (tertiary/aromatic N) is 2. The zero-order valence-electron chi connectivity index (χ0n) is 14.5. The summed E-state index contributed by atoms with van der Waals surface area (Å²) in [6, 6.07) is 6.12. The van der Waals surface area contributed by atoms with Crippen molar-refractivity contribution in [2.45, 2.75) is 12.5 Å². The molecule has 1 atom stereocenters. The quantitative estimate of drug-likeness (QED) is 0.727. The number of hydrogen-bond donors (Lipinski definition) is 2. The maximum atomic E-state index is 12.3. The third-order valence-corrected chi connectivity index (χ3v) is 5.79. The van der Waals surface area contributed by atoms with Crippen LogP contribution in [0.1, 0.15) is 27.1 Å². The van der Waals surface area contributed by atoms with Gasteiger partial charge in [0.15, 0.2) is 9.84 Å². The van der Waals surface area contributed by atoms with Crippen LogP contribution in [-0.4, -0.2) is 54.9 Å². The summed E-state index contributed by atoms with van der Waals surface area (Å²) < 4.78 is 27.6. The largest absolute Gasteiger partial charge is 0.465 e. The van der Waals surface area contributed by atoms with E-state index in [9.17, 15) is 18.0 Å². The molecule has 1 aliphatic heterocycles. The fourth-order valence-electron chi connectivity index (χ4n) is 2.66. The van der Waals surface area contributed by atoms with Crippen molar-refractivity contribution in [2.24, 2.45) is 0 Å². The lowest BCUT2D eigenvalue weighted by atomic mass is 10.2. The van der Waals surface area contributed by atoms with Gasteiger partial charge in [0.05, 0.1) is 29.7 Å². The van der Waals surface area contributed by atoms with Crippen LogP contribution in [-0.2, 0) is 14.6 Å². The number of anilines is 2. The van der Waals surface area contributed by atoms with Gasteiger partial charge < -0.3 is 15.4 Å². The number of methoxy groups -OCH3 is 1. The molecule has 1 aromatic heterocycles. The summed E-state index contributed by atoms with van der Waals surface area (Å²) in [5.41, 5.74) is 0.974. The number of sulfone groups is 1. The van der Waals surface area contributed by atoms with E-state index >= 15 is 0 Å². The molecule has 2 N–H and O–H groups in total. The van der Waals surface area contributed by atoms with E-state index in [4.69, 9.17) is 0 Å². The first-order valence-corrected chi connectivity index (χ1v) is 9.97. The lowest BCUT2D eigenvalue weighted by Gasteiger charge is -2.11. The number of aromatic nitrogens is 2. The summed E-state index contributed by atoms with van der Waals surface area (Å²) in [6.45, 7) is 0. The predicted octanol–water partition coefficient (Wildman–Crippen LogP) is 1.11. The number of carbonyl (C=O) groups is 2. The Morgan fingerprint density at radius 2 is 1.93 bits per heavy atom. The van der Waals surface area contributed by atoms with E-state index in [-0.39, 0.29) is 29.1 Å². The van der Waals surface area contributed by atoms with E-state index in [1.165, 1.54) is 25.6 Å². The van der Waals surface area contributed by atoms with Gasteiger partial charge >= 0.3 is 5.97 Å². The maximum absolute atomic E-state index is 12.3. The first-order valence-electron chi connectivity index (χ1n) is 8.15. The lowest BCUT2D eigenvalue weighted by molar-refractivity contribution is 0.0600. The van der Waals surface area contributed by atoms with Gasteiger partial charge in [0, 0.05) is 24.1 Å². The van der Waals surface area contributed by atoms with E-state index < -0.39 is 21.7 Å². The third-order valence-electron chi connectivity index (χ3n) is 4.02. The predicted molar refractivity (Wildman–Crippen MR) is 98.4 cm³/mol. The standard InChI is InChI=1S/C17H18N4O5S/c1-26-16(23)11-3-2-4-13(7-11)20-15(22)12-8-18-17(19-9-12)21-14-5-6-27(24,25)10-14/h2-4,7-9,14H,5-6,10H2,1H3,(H,20,22)(H,18,19,21). The van der Waals surface area contributed by atoms with Crippen molar-refractivity contribution in [3.8, 4) is 0 Å². The van der Waals surface area contributed by atoms with Gasteiger partial charge in [-0.3, -0.25) is 4.79 Å². The molecule has 2 aromatic rings. The second kappa shape index (κ2) is 7.70. The molecule has 0 bridgehead atoms. The molecular formula is C17H18N4O5S. The highest BCUT2D eigenvalue weighted by Crippen LogP contribution is 2.16. The molecule has 0 saturated carbocycles. The van der Waals surface area contributed by atoms with Crippen LogP contribution in [0, 0.1) is 0 Å². The Balaban J connectivity index is 1.63. The highest BCUT2D eigenvalue weighted by molar-refractivity contribution is 7.91. The first kappa shape index (κ1) is 18.8. The van der Waals surface area contributed by atoms with Gasteiger partial charge in [-0.25, -0.2) is 23.2 Å². The molecule has 0 aliphatic carbocycles. The Morgan fingerprint density at radius 1 is 1.19 bits per heavy atom. The van der Waals surface area contributed by atoms with Crippen LogP contribution >= 0.6 is 0 Å². The lowest BCUT2D eigenvalue weighted by Crippen LogP contribution is -2.22. The second-order valence-electron chi connectivity index (χ2n) is 6.07. The molecule has 10 heteroatoms. The van der Waals surface area contributed by atoms with Crippen molar-refractivity contribution >= 4 is 33.3 Å². The number of nitrogens with one attached hydrogen (secondary N) is 2. The van der Waals surface area contributed by atoms with Gasteiger partial charge in [-0.15, -0.1) is 0 Å². The molecule has 0 spiro atoms. The average molecular weight is 390 g/mol. The number of rotatable bonds is 5. The summed E-state index contributed by atoms with van der Waals surface area (Å²) in [4.78, 5) is 32.0. The number of amides is 1. The second-order valence-corrected chi connectivity index (χ2v) is 8.29. The van der Waals surface area contributed by atoms with E-state index in [1.54, 1.807) is 18.2 Å². The van der Waals surface area contributed by atoms with E-state index in [1.807, 2.05) is 0 Å². The first-order chi connectivity index (χ1) is 12.9. The zero-order chi connectivity index (χ0) is 19.4. The molecule has 1 fully saturated rings. The molecule has 0 radical (unpaired) electrons. The Kier molecular flexibility index (Phi) is 5.36. The topological polar surface area (TPSA) is 127 Å². The normalized spacial score (nSPS) is 17.9. The fraction of sp³-hybridized carbons (Fsp3) is 0.294. The van der Waals surface area contributed by atoms with Crippen LogP contribution in [0.2, 0.25) is 0 Å². The van der Waals surface area contributed by atoms with Crippen molar-refractivity contribution in [3.63, 3.8) is 0 Å². The smallest absolute Gasteiger partial charge is 0.337 e. The third kappa shape index (κ3) is 4.79. The fourth-order valence-corrected chi connectivity index (χ4v) is 4.33. The number of benzene rings is 1. The molecule has 9 nitrogen and oxygen atoms in total. The molecule has 142 valence electrons. The molecule has 3 rings (SSSR count). The minimum atomic E-state index is -3.00. The molecule has 1 saturated heterocycles. The molecule has 2 heterocycles. The van der Waals surface area contributed by atoms with Gasteiger partial charge in [-0.05, 0) is 24.6 Å². The molecular weight excluding hydrogens is 372 g/mol. The van der Waals surface area contributed by atoms with Crippen LogP contribution in [0.4, 0.5) is 11.6 Å². The number of esters is 1. The molecule has 1 unspecified atom stereocenters. The number of carbonyl (C=O) groups excluding carboxylic acids is 2. The maximum Gasteiger partial charge on any atom is 0.337 e. The molecule has 27 heavy (non-hydrogen) atoms. The molecule has 1 amide bonds. The monoisotopic (exact) mass is 390 g/mol. The molecule has 1 aliphatic rings. The Morgan fingerprint density at radius 3 is 2.56 bits per heavy atom. The van der Waals surface area contributed by atoms with Gasteiger partial charge in [0.2, 0.25) is 5.95 Å². The Hall–Kier alpha value is -3.01. The van der Waals surface area contributed by atoms with Crippen molar-refractivity contribution in [2.75, 3.05) is 29.2 Å².